The normalized spacial score (nSPS) is 10.7. The van der Waals surface area contributed by atoms with Gasteiger partial charge in [-0.25, -0.2) is 14.8 Å². The fourth-order valence-corrected chi connectivity index (χ4v) is 2.97. The number of fused-ring (bicyclic) bond motifs is 1. The molecule has 3 aromatic carbocycles. The van der Waals surface area contributed by atoms with Crippen molar-refractivity contribution < 1.29 is 9.90 Å². The van der Waals surface area contributed by atoms with Crippen LogP contribution in [0.5, 0.6) is 0 Å². The number of nitrogens with zero attached hydrogens (tertiary/aromatic N) is 2. The molecule has 27 heavy (non-hydrogen) atoms. The van der Waals surface area contributed by atoms with Crippen LogP contribution >= 0.6 is 11.6 Å². The molecule has 132 valence electrons. The van der Waals surface area contributed by atoms with Crippen molar-refractivity contribution in [3.05, 3.63) is 83.4 Å². The molecule has 5 nitrogen and oxygen atoms in total. The topological polar surface area (TPSA) is 75.1 Å². The van der Waals surface area contributed by atoms with E-state index in [1.165, 1.54) is 12.1 Å². The van der Waals surface area contributed by atoms with Crippen molar-refractivity contribution in [2.75, 3.05) is 5.32 Å². The predicted molar refractivity (Wildman–Crippen MR) is 107 cm³/mol. The van der Waals surface area contributed by atoms with Gasteiger partial charge in [0.05, 0.1) is 16.8 Å². The molecule has 0 aliphatic carbocycles. The van der Waals surface area contributed by atoms with Crippen molar-refractivity contribution >= 4 is 40.1 Å². The molecule has 2 N–H and O–H groups in total. The van der Waals surface area contributed by atoms with Crippen LogP contribution < -0.4 is 5.32 Å². The minimum Gasteiger partial charge on any atom is -0.478 e. The first-order chi connectivity index (χ1) is 13.1. The number of carboxylic acids is 1. The quantitative estimate of drug-likeness (QED) is 0.500. The van der Waals surface area contributed by atoms with Crippen LogP contribution in [-0.2, 0) is 0 Å². The van der Waals surface area contributed by atoms with Gasteiger partial charge in [-0.2, -0.15) is 0 Å². The summed E-state index contributed by atoms with van der Waals surface area (Å²) in [5, 5.41) is 13.6. The molecule has 0 aliphatic heterocycles. The Morgan fingerprint density at radius 3 is 2.37 bits per heavy atom. The molecule has 0 radical (unpaired) electrons. The summed E-state index contributed by atoms with van der Waals surface area (Å²) in [4.78, 5) is 20.2. The van der Waals surface area contributed by atoms with E-state index in [1.807, 2.05) is 42.5 Å². The Hall–Kier alpha value is -3.44. The molecule has 0 aliphatic rings. The van der Waals surface area contributed by atoms with Gasteiger partial charge in [-0.1, -0.05) is 41.9 Å². The molecule has 6 heteroatoms. The standard InChI is InChI=1S/C21H14ClN3O2/c22-15-8-11-18-17(12-15)19(13-4-2-1-3-5-13)25-21(24-18)23-16-9-6-14(7-10-16)20(26)27/h1-12H,(H,26,27)(H,23,24,25). The number of rotatable bonds is 4. The van der Waals surface area contributed by atoms with Crippen molar-refractivity contribution in [2.24, 2.45) is 0 Å². The Bertz CT molecular complexity index is 1130. The molecule has 4 aromatic rings. The zero-order chi connectivity index (χ0) is 18.8. The van der Waals surface area contributed by atoms with E-state index in [2.05, 4.69) is 15.3 Å². The first kappa shape index (κ1) is 17.0. The van der Waals surface area contributed by atoms with Crippen molar-refractivity contribution in [2.45, 2.75) is 0 Å². The molecule has 4 rings (SSSR count). The lowest BCUT2D eigenvalue weighted by atomic mass is 10.1. The molecular weight excluding hydrogens is 362 g/mol. The van der Waals surface area contributed by atoms with E-state index in [-0.39, 0.29) is 5.56 Å². The van der Waals surface area contributed by atoms with Crippen LogP contribution in [0.25, 0.3) is 22.2 Å². The van der Waals surface area contributed by atoms with Gasteiger partial charge in [0, 0.05) is 21.7 Å². The second-order valence-corrected chi connectivity index (χ2v) is 6.37. The lowest BCUT2D eigenvalue weighted by Crippen LogP contribution is -2.01. The van der Waals surface area contributed by atoms with E-state index in [1.54, 1.807) is 18.2 Å². The van der Waals surface area contributed by atoms with E-state index in [4.69, 9.17) is 16.7 Å². The first-order valence-corrected chi connectivity index (χ1v) is 8.61. The molecular formula is C21H14ClN3O2. The summed E-state index contributed by atoms with van der Waals surface area (Å²) in [6.45, 7) is 0. The number of halogens is 1. The Kier molecular flexibility index (Phi) is 4.44. The second-order valence-electron chi connectivity index (χ2n) is 5.93. The smallest absolute Gasteiger partial charge is 0.335 e. The molecule has 0 spiro atoms. The molecule has 0 saturated heterocycles. The van der Waals surface area contributed by atoms with E-state index >= 15 is 0 Å². The molecule has 0 atom stereocenters. The SMILES string of the molecule is O=C(O)c1ccc(Nc2nc(-c3ccccc3)c3cc(Cl)ccc3n2)cc1. The number of carbonyl (C=O) groups is 1. The first-order valence-electron chi connectivity index (χ1n) is 8.23. The summed E-state index contributed by atoms with van der Waals surface area (Å²) in [5.41, 5.74) is 3.41. The maximum atomic E-state index is 11.0. The molecule has 1 heterocycles. The third-order valence-electron chi connectivity index (χ3n) is 4.09. The summed E-state index contributed by atoms with van der Waals surface area (Å²) < 4.78 is 0. The second kappa shape index (κ2) is 7.05. The summed E-state index contributed by atoms with van der Waals surface area (Å²) >= 11 is 6.17. The van der Waals surface area contributed by atoms with E-state index in [9.17, 15) is 4.79 Å². The van der Waals surface area contributed by atoms with Crippen LogP contribution in [0, 0.1) is 0 Å². The van der Waals surface area contributed by atoms with Gasteiger partial charge in [0.2, 0.25) is 5.95 Å². The predicted octanol–water partition coefficient (Wildman–Crippen LogP) is 5.39. The highest BCUT2D eigenvalue weighted by molar-refractivity contribution is 6.31. The highest BCUT2D eigenvalue weighted by atomic mass is 35.5. The van der Waals surface area contributed by atoms with E-state index in [0.717, 1.165) is 22.2 Å². The molecule has 0 amide bonds. The Labute approximate surface area is 160 Å². The number of anilines is 2. The highest BCUT2D eigenvalue weighted by Crippen LogP contribution is 2.30. The zero-order valence-corrected chi connectivity index (χ0v) is 14.8. The Morgan fingerprint density at radius 2 is 1.67 bits per heavy atom. The number of carboxylic acid groups (broad SMARTS) is 1. The van der Waals surface area contributed by atoms with Crippen molar-refractivity contribution in [1.29, 1.82) is 0 Å². The van der Waals surface area contributed by atoms with Crippen molar-refractivity contribution in [3.63, 3.8) is 0 Å². The maximum Gasteiger partial charge on any atom is 0.335 e. The van der Waals surface area contributed by atoms with Crippen LogP contribution in [-0.4, -0.2) is 21.0 Å². The summed E-state index contributed by atoms with van der Waals surface area (Å²) in [5.74, 6) is -0.543. The third-order valence-corrected chi connectivity index (χ3v) is 4.33. The monoisotopic (exact) mass is 375 g/mol. The summed E-state index contributed by atoms with van der Waals surface area (Å²) in [6, 6.07) is 21.7. The molecule has 0 bridgehead atoms. The fraction of sp³-hybridized carbons (Fsp3) is 0. The highest BCUT2D eigenvalue weighted by Gasteiger charge is 2.11. The van der Waals surface area contributed by atoms with Crippen LogP contribution in [0.1, 0.15) is 10.4 Å². The van der Waals surface area contributed by atoms with E-state index in [0.29, 0.717) is 16.7 Å². The van der Waals surface area contributed by atoms with Gasteiger partial charge in [0.15, 0.2) is 0 Å². The minimum atomic E-state index is -0.966. The molecule has 1 aromatic heterocycles. The van der Waals surface area contributed by atoms with Crippen molar-refractivity contribution in [3.8, 4) is 11.3 Å². The number of aromatic nitrogens is 2. The lowest BCUT2D eigenvalue weighted by Gasteiger charge is -2.11. The number of benzene rings is 3. The Balaban J connectivity index is 1.79. The largest absolute Gasteiger partial charge is 0.478 e. The Morgan fingerprint density at radius 1 is 0.926 bits per heavy atom. The number of nitrogens with one attached hydrogen (secondary N) is 1. The van der Waals surface area contributed by atoms with Crippen LogP contribution in [0.3, 0.4) is 0 Å². The lowest BCUT2D eigenvalue weighted by molar-refractivity contribution is 0.0697. The van der Waals surface area contributed by atoms with Gasteiger partial charge in [-0.05, 0) is 42.5 Å². The summed E-state index contributed by atoms with van der Waals surface area (Å²) in [6.07, 6.45) is 0. The fourth-order valence-electron chi connectivity index (χ4n) is 2.80. The number of hydrogen-bond donors (Lipinski definition) is 2. The average molecular weight is 376 g/mol. The maximum absolute atomic E-state index is 11.0. The number of hydrogen-bond acceptors (Lipinski definition) is 4. The number of aromatic carboxylic acids is 1. The van der Waals surface area contributed by atoms with Crippen LogP contribution in [0.4, 0.5) is 11.6 Å². The van der Waals surface area contributed by atoms with Gasteiger partial charge >= 0.3 is 5.97 Å². The van der Waals surface area contributed by atoms with Gasteiger partial charge in [-0.15, -0.1) is 0 Å². The zero-order valence-electron chi connectivity index (χ0n) is 14.1. The molecule has 0 fully saturated rings. The summed E-state index contributed by atoms with van der Waals surface area (Å²) in [7, 11) is 0. The molecule has 0 saturated carbocycles. The van der Waals surface area contributed by atoms with Crippen LogP contribution in [0.15, 0.2) is 72.8 Å². The van der Waals surface area contributed by atoms with Gasteiger partial charge in [-0.3, -0.25) is 0 Å². The van der Waals surface area contributed by atoms with Gasteiger partial charge in [0.25, 0.3) is 0 Å². The third kappa shape index (κ3) is 3.59. The average Bonchev–Trinajstić information content (AvgIpc) is 2.69. The molecule has 0 unspecified atom stereocenters. The van der Waals surface area contributed by atoms with E-state index < -0.39 is 5.97 Å². The van der Waals surface area contributed by atoms with Crippen molar-refractivity contribution in [1.82, 2.24) is 9.97 Å². The minimum absolute atomic E-state index is 0.222. The van der Waals surface area contributed by atoms with Gasteiger partial charge in [0.1, 0.15) is 0 Å². The van der Waals surface area contributed by atoms with Crippen LogP contribution in [0.2, 0.25) is 5.02 Å². The van der Waals surface area contributed by atoms with Gasteiger partial charge < -0.3 is 10.4 Å².